The molecule has 0 spiro atoms. The minimum Gasteiger partial charge on any atom is -0.497 e. The van der Waals surface area contributed by atoms with Crippen molar-refractivity contribution >= 4 is 11.9 Å². The number of amides is 1. The van der Waals surface area contributed by atoms with Gasteiger partial charge in [0, 0.05) is 19.6 Å². The van der Waals surface area contributed by atoms with Gasteiger partial charge in [0.1, 0.15) is 11.5 Å². The zero-order valence-electron chi connectivity index (χ0n) is 19.6. The molecule has 7 heteroatoms. The highest BCUT2D eigenvalue weighted by Crippen LogP contribution is 2.21. The lowest BCUT2D eigenvalue weighted by Crippen LogP contribution is -2.38. The molecule has 2 aromatic rings. The summed E-state index contributed by atoms with van der Waals surface area (Å²) in [6.07, 6.45) is 0.986. The number of methoxy groups -OCH3 is 1. The molecule has 0 heterocycles. The predicted molar refractivity (Wildman–Crippen MR) is 129 cm³/mol. The second-order valence-corrected chi connectivity index (χ2v) is 7.47. The molecule has 1 unspecified atom stereocenters. The Morgan fingerprint density at radius 2 is 1.75 bits per heavy atom. The van der Waals surface area contributed by atoms with Crippen LogP contribution in [0.3, 0.4) is 0 Å². The third-order valence-corrected chi connectivity index (χ3v) is 4.96. The van der Waals surface area contributed by atoms with Gasteiger partial charge in [0.2, 0.25) is 0 Å². The third kappa shape index (κ3) is 8.88. The van der Waals surface area contributed by atoms with E-state index in [0.29, 0.717) is 24.8 Å². The predicted octanol–water partition coefficient (Wildman–Crippen LogP) is 3.46. The molecule has 0 aliphatic carbocycles. The summed E-state index contributed by atoms with van der Waals surface area (Å²) in [7, 11) is 1.68. The molecule has 1 atom stereocenters. The Bertz CT molecular complexity index is 853. The zero-order valence-corrected chi connectivity index (χ0v) is 19.6. The topological polar surface area (TPSA) is 84.0 Å². The fourth-order valence-corrected chi connectivity index (χ4v) is 3.15. The standard InChI is InChI=1S/C25H36N4O3/c1-5-26-24(30)18-32-23-9-7-8-20(16-23)17-29-25(27-6-2)28-15-14-19(3)21-10-12-22(31-4)13-11-21/h7-13,16,19H,5-6,14-15,17-18H2,1-4H3,(H,26,30)(H2,27,28,29). The number of aliphatic imine (C=N–C) groups is 1. The van der Waals surface area contributed by atoms with Crippen LogP contribution in [0.2, 0.25) is 0 Å². The molecule has 0 saturated heterocycles. The Kier molecular flexibility index (Phi) is 10.9. The van der Waals surface area contributed by atoms with Crippen molar-refractivity contribution in [2.45, 2.75) is 39.7 Å². The lowest BCUT2D eigenvalue weighted by molar-refractivity contribution is -0.122. The van der Waals surface area contributed by atoms with Gasteiger partial charge in [-0.05, 0) is 61.6 Å². The van der Waals surface area contributed by atoms with E-state index in [0.717, 1.165) is 36.8 Å². The summed E-state index contributed by atoms with van der Waals surface area (Å²) in [6.45, 7) is 8.87. The van der Waals surface area contributed by atoms with E-state index >= 15 is 0 Å². The summed E-state index contributed by atoms with van der Waals surface area (Å²) >= 11 is 0. The monoisotopic (exact) mass is 440 g/mol. The van der Waals surface area contributed by atoms with Crippen molar-refractivity contribution in [3.8, 4) is 11.5 Å². The van der Waals surface area contributed by atoms with Gasteiger partial charge < -0.3 is 25.4 Å². The highest BCUT2D eigenvalue weighted by Gasteiger charge is 2.07. The second kappa shape index (κ2) is 14.0. The number of ether oxygens (including phenoxy) is 2. The Morgan fingerprint density at radius 1 is 1.00 bits per heavy atom. The van der Waals surface area contributed by atoms with E-state index in [1.165, 1.54) is 5.56 Å². The molecule has 0 aliphatic heterocycles. The SMILES string of the molecule is CCNC(=O)COc1cccc(CN=C(NCC)NCCC(C)c2ccc(OC)cc2)c1. The van der Waals surface area contributed by atoms with Gasteiger partial charge in [-0.3, -0.25) is 4.79 Å². The largest absolute Gasteiger partial charge is 0.497 e. The van der Waals surface area contributed by atoms with Crippen molar-refractivity contribution < 1.29 is 14.3 Å². The average Bonchev–Trinajstić information content (AvgIpc) is 2.81. The van der Waals surface area contributed by atoms with E-state index in [9.17, 15) is 4.79 Å². The van der Waals surface area contributed by atoms with E-state index in [1.807, 2.05) is 50.2 Å². The number of carbonyl (C=O) groups excluding carboxylic acids is 1. The van der Waals surface area contributed by atoms with Gasteiger partial charge in [0.05, 0.1) is 13.7 Å². The molecule has 1 amide bonds. The van der Waals surface area contributed by atoms with Crippen LogP contribution < -0.4 is 25.4 Å². The number of guanidine groups is 1. The van der Waals surface area contributed by atoms with Crippen LogP contribution in [-0.4, -0.2) is 45.2 Å². The Morgan fingerprint density at radius 3 is 2.44 bits per heavy atom. The maximum atomic E-state index is 11.6. The first-order valence-corrected chi connectivity index (χ1v) is 11.2. The Hall–Kier alpha value is -3.22. The Balaban J connectivity index is 1.86. The van der Waals surface area contributed by atoms with Crippen molar-refractivity contribution in [1.82, 2.24) is 16.0 Å². The maximum absolute atomic E-state index is 11.6. The van der Waals surface area contributed by atoms with Crippen LogP contribution in [0.15, 0.2) is 53.5 Å². The zero-order chi connectivity index (χ0) is 23.2. The first-order chi connectivity index (χ1) is 15.5. The lowest BCUT2D eigenvalue weighted by Gasteiger charge is -2.15. The molecule has 174 valence electrons. The molecule has 32 heavy (non-hydrogen) atoms. The summed E-state index contributed by atoms with van der Waals surface area (Å²) in [5.74, 6) is 2.62. The lowest BCUT2D eigenvalue weighted by atomic mass is 9.98. The molecule has 3 N–H and O–H groups in total. The summed E-state index contributed by atoms with van der Waals surface area (Å²) < 4.78 is 10.8. The summed E-state index contributed by atoms with van der Waals surface area (Å²) in [4.78, 5) is 16.3. The number of nitrogens with zero attached hydrogens (tertiary/aromatic N) is 1. The molecule has 7 nitrogen and oxygen atoms in total. The fourth-order valence-electron chi connectivity index (χ4n) is 3.15. The van der Waals surface area contributed by atoms with Crippen LogP contribution in [0.5, 0.6) is 11.5 Å². The molecule has 0 radical (unpaired) electrons. The van der Waals surface area contributed by atoms with Crippen LogP contribution in [0.25, 0.3) is 0 Å². The fraction of sp³-hybridized carbons (Fsp3) is 0.440. The van der Waals surface area contributed by atoms with Crippen molar-refractivity contribution in [2.24, 2.45) is 4.99 Å². The molecule has 0 saturated carbocycles. The van der Waals surface area contributed by atoms with Gasteiger partial charge in [-0.2, -0.15) is 0 Å². The van der Waals surface area contributed by atoms with E-state index < -0.39 is 0 Å². The van der Waals surface area contributed by atoms with E-state index in [2.05, 4.69) is 40.0 Å². The van der Waals surface area contributed by atoms with Gasteiger partial charge in [-0.1, -0.05) is 31.2 Å². The van der Waals surface area contributed by atoms with Gasteiger partial charge >= 0.3 is 0 Å². The number of hydrogen-bond donors (Lipinski definition) is 3. The molecule has 0 fully saturated rings. The first kappa shape index (κ1) is 25.0. The number of rotatable bonds is 12. The molecule has 2 rings (SSSR count). The van der Waals surface area contributed by atoms with Gasteiger partial charge in [0.25, 0.3) is 5.91 Å². The highest BCUT2D eigenvalue weighted by molar-refractivity contribution is 5.79. The second-order valence-electron chi connectivity index (χ2n) is 7.47. The molecule has 0 aromatic heterocycles. The quantitative estimate of drug-likeness (QED) is 0.348. The number of likely N-dealkylation sites (N-methyl/N-ethyl adjacent to an activating group) is 1. The average molecular weight is 441 g/mol. The number of benzene rings is 2. The molecule has 0 aliphatic rings. The highest BCUT2D eigenvalue weighted by atomic mass is 16.5. The van der Waals surface area contributed by atoms with Crippen LogP contribution in [-0.2, 0) is 11.3 Å². The van der Waals surface area contributed by atoms with Gasteiger partial charge in [-0.15, -0.1) is 0 Å². The van der Waals surface area contributed by atoms with Crippen LogP contribution >= 0.6 is 0 Å². The van der Waals surface area contributed by atoms with Gasteiger partial charge in [0.15, 0.2) is 12.6 Å². The first-order valence-electron chi connectivity index (χ1n) is 11.2. The number of nitrogens with one attached hydrogen (secondary N) is 3. The van der Waals surface area contributed by atoms with E-state index in [-0.39, 0.29) is 12.5 Å². The van der Waals surface area contributed by atoms with Crippen molar-refractivity contribution in [2.75, 3.05) is 33.4 Å². The third-order valence-electron chi connectivity index (χ3n) is 4.96. The minimum absolute atomic E-state index is 0.0110. The van der Waals surface area contributed by atoms with Crippen LogP contribution in [0.1, 0.15) is 44.2 Å². The number of carbonyl (C=O) groups is 1. The minimum atomic E-state index is -0.126. The van der Waals surface area contributed by atoms with Crippen molar-refractivity contribution in [1.29, 1.82) is 0 Å². The molecule has 2 aromatic carbocycles. The molecular formula is C25H36N4O3. The van der Waals surface area contributed by atoms with E-state index in [4.69, 9.17) is 9.47 Å². The van der Waals surface area contributed by atoms with Crippen molar-refractivity contribution in [3.05, 3.63) is 59.7 Å². The normalized spacial score (nSPS) is 12.1. The maximum Gasteiger partial charge on any atom is 0.257 e. The Labute approximate surface area is 191 Å². The number of hydrogen-bond acceptors (Lipinski definition) is 4. The van der Waals surface area contributed by atoms with Crippen LogP contribution in [0, 0.1) is 0 Å². The van der Waals surface area contributed by atoms with E-state index in [1.54, 1.807) is 7.11 Å². The smallest absolute Gasteiger partial charge is 0.257 e. The summed E-state index contributed by atoms with van der Waals surface area (Å²) in [6, 6.07) is 15.9. The summed E-state index contributed by atoms with van der Waals surface area (Å²) in [5, 5.41) is 9.42. The van der Waals surface area contributed by atoms with Crippen LogP contribution in [0.4, 0.5) is 0 Å². The molecule has 0 bridgehead atoms. The van der Waals surface area contributed by atoms with Crippen molar-refractivity contribution in [3.63, 3.8) is 0 Å². The molecular weight excluding hydrogens is 404 g/mol. The van der Waals surface area contributed by atoms with Gasteiger partial charge in [-0.25, -0.2) is 4.99 Å². The summed E-state index contributed by atoms with van der Waals surface area (Å²) in [5.41, 5.74) is 2.31.